The van der Waals surface area contributed by atoms with Crippen molar-refractivity contribution in [2.45, 2.75) is 32.2 Å². The number of carbonyl (C=O) groups excluding carboxylic acids is 1. The molecule has 3 aliphatic rings. The summed E-state index contributed by atoms with van der Waals surface area (Å²) in [5.74, 6) is 0.163. The number of para-hydroxylation sites is 1. The van der Waals surface area contributed by atoms with Gasteiger partial charge in [-0.3, -0.25) is 9.69 Å². The second-order valence-corrected chi connectivity index (χ2v) is 7.18. The summed E-state index contributed by atoms with van der Waals surface area (Å²) in [7, 11) is 0. The highest BCUT2D eigenvalue weighted by Gasteiger charge is 2.44. The summed E-state index contributed by atoms with van der Waals surface area (Å²) < 4.78 is 5.37. The number of fused-ring (bicyclic) bond motifs is 1. The number of amides is 1. The summed E-state index contributed by atoms with van der Waals surface area (Å²) in [4.78, 5) is 16.8. The molecule has 1 aromatic carbocycles. The number of hydrogen-bond donors (Lipinski definition) is 0. The van der Waals surface area contributed by atoms with Crippen molar-refractivity contribution in [3.8, 4) is 0 Å². The number of hydrogen-bond acceptors (Lipinski definition) is 3. The van der Waals surface area contributed by atoms with Gasteiger partial charge in [0.2, 0.25) is 5.91 Å². The van der Waals surface area contributed by atoms with E-state index >= 15 is 0 Å². The zero-order chi connectivity index (χ0) is 15.2. The number of ether oxygens (including phenoxy) is 1. The minimum Gasteiger partial charge on any atom is -0.378 e. The van der Waals surface area contributed by atoms with Gasteiger partial charge in [0.25, 0.3) is 0 Å². The van der Waals surface area contributed by atoms with Crippen LogP contribution in [0.25, 0.3) is 0 Å². The molecule has 1 aromatic rings. The molecule has 4 nitrogen and oxygen atoms in total. The fraction of sp³-hybridized carbons (Fsp3) is 0.611. The molecule has 0 aliphatic carbocycles. The SMILES string of the molecule is CC(=O)N1CC2(CCCN(C3COC3)C2)Cc2ccccc21. The second-order valence-electron chi connectivity index (χ2n) is 7.18. The molecule has 4 heteroatoms. The Balaban J connectivity index is 1.63. The van der Waals surface area contributed by atoms with Crippen molar-refractivity contribution in [1.82, 2.24) is 4.90 Å². The van der Waals surface area contributed by atoms with Crippen LogP contribution in [0.5, 0.6) is 0 Å². The van der Waals surface area contributed by atoms with Crippen LogP contribution in [0.15, 0.2) is 24.3 Å². The van der Waals surface area contributed by atoms with Gasteiger partial charge in [0.1, 0.15) is 0 Å². The van der Waals surface area contributed by atoms with Crippen LogP contribution in [0.2, 0.25) is 0 Å². The van der Waals surface area contributed by atoms with E-state index < -0.39 is 0 Å². The zero-order valence-electron chi connectivity index (χ0n) is 13.3. The molecular weight excluding hydrogens is 276 g/mol. The van der Waals surface area contributed by atoms with Crippen LogP contribution in [-0.4, -0.2) is 49.7 Å². The Morgan fingerprint density at radius 1 is 1.27 bits per heavy atom. The average molecular weight is 300 g/mol. The lowest BCUT2D eigenvalue weighted by Crippen LogP contribution is -2.59. The summed E-state index contributed by atoms with van der Waals surface area (Å²) in [6.07, 6.45) is 3.54. The van der Waals surface area contributed by atoms with Gasteiger partial charge in [-0.15, -0.1) is 0 Å². The highest BCUT2D eigenvalue weighted by atomic mass is 16.5. The topological polar surface area (TPSA) is 32.8 Å². The Morgan fingerprint density at radius 2 is 2.09 bits per heavy atom. The maximum atomic E-state index is 12.2. The molecule has 1 atom stereocenters. The Kier molecular flexibility index (Phi) is 3.46. The molecule has 2 saturated heterocycles. The summed E-state index contributed by atoms with van der Waals surface area (Å²) >= 11 is 0. The summed E-state index contributed by atoms with van der Waals surface area (Å²) in [6, 6.07) is 9.00. The van der Waals surface area contributed by atoms with E-state index in [1.54, 1.807) is 6.92 Å². The van der Waals surface area contributed by atoms with Gasteiger partial charge in [-0.1, -0.05) is 18.2 Å². The van der Waals surface area contributed by atoms with Gasteiger partial charge in [0, 0.05) is 31.1 Å². The molecule has 1 spiro atoms. The van der Waals surface area contributed by atoms with Crippen molar-refractivity contribution in [3.63, 3.8) is 0 Å². The van der Waals surface area contributed by atoms with Crippen LogP contribution in [0, 0.1) is 5.41 Å². The first-order valence-corrected chi connectivity index (χ1v) is 8.35. The van der Waals surface area contributed by atoms with E-state index in [4.69, 9.17) is 4.74 Å². The van der Waals surface area contributed by atoms with Crippen LogP contribution in [0.4, 0.5) is 5.69 Å². The van der Waals surface area contributed by atoms with Gasteiger partial charge in [-0.2, -0.15) is 0 Å². The third-order valence-electron chi connectivity index (χ3n) is 5.55. The molecule has 1 unspecified atom stereocenters. The minimum atomic E-state index is 0.163. The van der Waals surface area contributed by atoms with Gasteiger partial charge in [0.05, 0.1) is 19.3 Å². The zero-order valence-corrected chi connectivity index (χ0v) is 13.3. The smallest absolute Gasteiger partial charge is 0.223 e. The number of nitrogens with zero attached hydrogens (tertiary/aromatic N) is 2. The Bertz CT molecular complexity index is 584. The molecule has 0 saturated carbocycles. The molecule has 0 radical (unpaired) electrons. The Labute approximate surface area is 132 Å². The number of benzene rings is 1. The quantitative estimate of drug-likeness (QED) is 0.796. The number of likely N-dealkylation sites (tertiary alicyclic amines) is 1. The number of carbonyl (C=O) groups is 1. The lowest BCUT2D eigenvalue weighted by atomic mass is 9.71. The van der Waals surface area contributed by atoms with Crippen LogP contribution in [0.1, 0.15) is 25.3 Å². The molecule has 1 amide bonds. The maximum absolute atomic E-state index is 12.2. The largest absolute Gasteiger partial charge is 0.378 e. The lowest BCUT2D eigenvalue weighted by Gasteiger charge is -2.51. The first kappa shape index (κ1) is 14.2. The first-order valence-electron chi connectivity index (χ1n) is 8.35. The van der Waals surface area contributed by atoms with Gasteiger partial charge in [-0.05, 0) is 37.4 Å². The summed E-state index contributed by atoms with van der Waals surface area (Å²) in [6.45, 7) is 6.59. The number of piperidine rings is 1. The molecule has 0 N–H and O–H groups in total. The first-order chi connectivity index (χ1) is 10.7. The van der Waals surface area contributed by atoms with Gasteiger partial charge < -0.3 is 9.64 Å². The van der Waals surface area contributed by atoms with Crippen LogP contribution in [0.3, 0.4) is 0 Å². The van der Waals surface area contributed by atoms with Crippen molar-refractivity contribution >= 4 is 11.6 Å². The van der Waals surface area contributed by atoms with E-state index in [0.717, 1.165) is 38.4 Å². The predicted molar refractivity (Wildman–Crippen MR) is 86.0 cm³/mol. The van der Waals surface area contributed by atoms with E-state index in [0.29, 0.717) is 6.04 Å². The van der Waals surface area contributed by atoms with Crippen molar-refractivity contribution in [2.24, 2.45) is 5.41 Å². The molecule has 2 fully saturated rings. The second kappa shape index (κ2) is 5.36. The van der Waals surface area contributed by atoms with E-state index in [1.807, 2.05) is 11.0 Å². The van der Waals surface area contributed by atoms with Gasteiger partial charge in [-0.25, -0.2) is 0 Å². The van der Waals surface area contributed by atoms with Crippen molar-refractivity contribution in [2.75, 3.05) is 37.7 Å². The highest BCUT2D eigenvalue weighted by molar-refractivity contribution is 5.93. The molecular formula is C18H24N2O2. The predicted octanol–water partition coefficient (Wildman–Crippen LogP) is 2.08. The molecule has 4 rings (SSSR count). The van der Waals surface area contributed by atoms with Crippen LogP contribution < -0.4 is 4.90 Å². The lowest BCUT2D eigenvalue weighted by molar-refractivity contribution is -0.118. The Hall–Kier alpha value is -1.39. The molecule has 22 heavy (non-hydrogen) atoms. The van der Waals surface area contributed by atoms with Crippen LogP contribution in [-0.2, 0) is 16.0 Å². The van der Waals surface area contributed by atoms with E-state index in [-0.39, 0.29) is 11.3 Å². The fourth-order valence-corrected chi connectivity index (χ4v) is 4.35. The molecule has 3 heterocycles. The molecule has 3 aliphatic heterocycles. The third-order valence-corrected chi connectivity index (χ3v) is 5.55. The third kappa shape index (κ3) is 2.34. The normalized spacial score (nSPS) is 29.2. The molecule has 0 bridgehead atoms. The number of rotatable bonds is 1. The minimum absolute atomic E-state index is 0.163. The highest BCUT2D eigenvalue weighted by Crippen LogP contribution is 2.42. The maximum Gasteiger partial charge on any atom is 0.223 e. The number of anilines is 1. The van der Waals surface area contributed by atoms with E-state index in [1.165, 1.54) is 24.9 Å². The van der Waals surface area contributed by atoms with E-state index in [2.05, 4.69) is 23.1 Å². The fourth-order valence-electron chi connectivity index (χ4n) is 4.35. The average Bonchev–Trinajstić information content (AvgIpc) is 2.44. The summed E-state index contributed by atoms with van der Waals surface area (Å²) in [5.41, 5.74) is 2.66. The standard InChI is InChI=1S/C18H24N2O2/c1-14(21)20-13-18(9-15-5-2-3-6-17(15)20)7-4-8-19(12-18)16-10-22-11-16/h2-3,5-6,16H,4,7-13H2,1H3. The monoisotopic (exact) mass is 300 g/mol. The Morgan fingerprint density at radius 3 is 2.82 bits per heavy atom. The van der Waals surface area contributed by atoms with Crippen LogP contribution >= 0.6 is 0 Å². The molecule has 0 aromatic heterocycles. The van der Waals surface area contributed by atoms with Crippen molar-refractivity contribution in [1.29, 1.82) is 0 Å². The molecule has 118 valence electrons. The van der Waals surface area contributed by atoms with Gasteiger partial charge >= 0.3 is 0 Å². The van der Waals surface area contributed by atoms with Gasteiger partial charge in [0.15, 0.2) is 0 Å². The van der Waals surface area contributed by atoms with E-state index in [9.17, 15) is 4.79 Å². The van der Waals surface area contributed by atoms with Crippen molar-refractivity contribution in [3.05, 3.63) is 29.8 Å². The van der Waals surface area contributed by atoms with Crippen molar-refractivity contribution < 1.29 is 9.53 Å². The summed E-state index contributed by atoms with van der Waals surface area (Å²) in [5, 5.41) is 0.